The lowest BCUT2D eigenvalue weighted by atomic mass is 9.96. The Morgan fingerprint density at radius 1 is 1.32 bits per heavy atom. The fourth-order valence-corrected chi connectivity index (χ4v) is 2.29. The number of likely N-dealkylation sites (N-methyl/N-ethyl adjacent to an activating group) is 1. The van der Waals surface area contributed by atoms with Crippen molar-refractivity contribution in [3.05, 3.63) is 35.9 Å². The standard InChI is InChI=1S/C14H19N3O2/c1-15-13(18)9-17-14(19)12-7-11(8-16-12)10-5-3-2-4-6-10/h2-6,11-12,16H,7-9H2,1H3,(H,15,18)(H,17,19). The van der Waals surface area contributed by atoms with Crippen LogP contribution in [0.5, 0.6) is 0 Å². The van der Waals surface area contributed by atoms with E-state index in [9.17, 15) is 9.59 Å². The van der Waals surface area contributed by atoms with E-state index in [4.69, 9.17) is 0 Å². The van der Waals surface area contributed by atoms with E-state index in [1.807, 2.05) is 18.2 Å². The fraction of sp³-hybridized carbons (Fsp3) is 0.429. The van der Waals surface area contributed by atoms with Gasteiger partial charge in [0.1, 0.15) is 0 Å². The van der Waals surface area contributed by atoms with Gasteiger partial charge in [0.25, 0.3) is 0 Å². The van der Waals surface area contributed by atoms with Crippen LogP contribution in [0.25, 0.3) is 0 Å². The molecule has 1 saturated heterocycles. The normalized spacial score (nSPS) is 21.9. The lowest BCUT2D eigenvalue weighted by molar-refractivity contribution is -0.126. The molecule has 1 heterocycles. The van der Waals surface area contributed by atoms with Crippen LogP contribution in [0.4, 0.5) is 0 Å². The molecule has 1 fully saturated rings. The number of rotatable bonds is 4. The maximum absolute atomic E-state index is 11.9. The van der Waals surface area contributed by atoms with E-state index in [2.05, 4.69) is 28.1 Å². The maximum Gasteiger partial charge on any atom is 0.239 e. The summed E-state index contributed by atoms with van der Waals surface area (Å²) >= 11 is 0. The van der Waals surface area contributed by atoms with Gasteiger partial charge in [-0.3, -0.25) is 9.59 Å². The van der Waals surface area contributed by atoms with E-state index in [0.717, 1.165) is 13.0 Å². The van der Waals surface area contributed by atoms with Gasteiger partial charge in [0.15, 0.2) is 0 Å². The second-order valence-electron chi connectivity index (χ2n) is 4.70. The summed E-state index contributed by atoms with van der Waals surface area (Å²) in [5, 5.41) is 8.31. The summed E-state index contributed by atoms with van der Waals surface area (Å²) in [6.07, 6.45) is 0.767. The topological polar surface area (TPSA) is 70.2 Å². The number of hydrogen-bond acceptors (Lipinski definition) is 3. The monoisotopic (exact) mass is 261 g/mol. The van der Waals surface area contributed by atoms with Gasteiger partial charge in [0.2, 0.25) is 11.8 Å². The molecule has 1 aromatic rings. The van der Waals surface area contributed by atoms with Crippen molar-refractivity contribution in [1.82, 2.24) is 16.0 Å². The Labute approximate surface area is 112 Å². The molecule has 3 N–H and O–H groups in total. The maximum atomic E-state index is 11.9. The van der Waals surface area contributed by atoms with Gasteiger partial charge in [-0.05, 0) is 17.9 Å². The number of carbonyl (C=O) groups excluding carboxylic acids is 2. The summed E-state index contributed by atoms with van der Waals surface area (Å²) in [6.45, 7) is 0.825. The van der Waals surface area contributed by atoms with Crippen molar-refractivity contribution in [1.29, 1.82) is 0 Å². The first-order valence-electron chi connectivity index (χ1n) is 6.47. The smallest absolute Gasteiger partial charge is 0.239 e. The van der Waals surface area contributed by atoms with Crippen LogP contribution in [0, 0.1) is 0 Å². The Morgan fingerprint density at radius 2 is 2.05 bits per heavy atom. The van der Waals surface area contributed by atoms with Gasteiger partial charge >= 0.3 is 0 Å². The van der Waals surface area contributed by atoms with Crippen LogP contribution in [-0.4, -0.2) is 38.0 Å². The highest BCUT2D eigenvalue weighted by atomic mass is 16.2. The summed E-state index contributed by atoms with van der Waals surface area (Å²) in [5.74, 6) is 0.0601. The predicted molar refractivity (Wildman–Crippen MR) is 72.7 cm³/mol. The number of carbonyl (C=O) groups is 2. The van der Waals surface area contributed by atoms with Crippen molar-refractivity contribution in [3.63, 3.8) is 0 Å². The van der Waals surface area contributed by atoms with Gasteiger partial charge in [-0.1, -0.05) is 30.3 Å². The third-order valence-electron chi connectivity index (χ3n) is 3.42. The average Bonchev–Trinajstić information content (AvgIpc) is 2.95. The summed E-state index contributed by atoms with van der Waals surface area (Å²) in [5.41, 5.74) is 1.25. The van der Waals surface area contributed by atoms with Gasteiger partial charge in [0, 0.05) is 13.6 Å². The number of amides is 2. The van der Waals surface area contributed by atoms with Crippen LogP contribution in [0.3, 0.4) is 0 Å². The molecule has 19 heavy (non-hydrogen) atoms. The van der Waals surface area contributed by atoms with E-state index < -0.39 is 0 Å². The molecule has 2 amide bonds. The first-order valence-corrected chi connectivity index (χ1v) is 6.47. The lowest BCUT2D eigenvalue weighted by Gasteiger charge is -2.11. The molecule has 0 aromatic heterocycles. The van der Waals surface area contributed by atoms with Crippen molar-refractivity contribution < 1.29 is 9.59 Å². The summed E-state index contributed by atoms with van der Waals surface area (Å²) in [4.78, 5) is 23.0. The molecule has 0 spiro atoms. The minimum atomic E-state index is -0.213. The van der Waals surface area contributed by atoms with E-state index in [1.165, 1.54) is 5.56 Å². The Balaban J connectivity index is 1.85. The van der Waals surface area contributed by atoms with Crippen LogP contribution < -0.4 is 16.0 Å². The second-order valence-corrected chi connectivity index (χ2v) is 4.70. The lowest BCUT2D eigenvalue weighted by Crippen LogP contribution is -2.44. The zero-order chi connectivity index (χ0) is 13.7. The number of hydrogen-bond donors (Lipinski definition) is 3. The van der Waals surface area contributed by atoms with Gasteiger partial charge in [0.05, 0.1) is 12.6 Å². The van der Waals surface area contributed by atoms with E-state index >= 15 is 0 Å². The molecule has 102 valence electrons. The Kier molecular flexibility index (Phi) is 4.52. The van der Waals surface area contributed by atoms with Crippen LogP contribution >= 0.6 is 0 Å². The first kappa shape index (κ1) is 13.5. The van der Waals surface area contributed by atoms with Crippen LogP contribution in [0.2, 0.25) is 0 Å². The highest BCUT2D eigenvalue weighted by Gasteiger charge is 2.30. The second kappa shape index (κ2) is 6.33. The molecule has 5 heteroatoms. The molecule has 2 atom stereocenters. The molecule has 0 bridgehead atoms. The minimum Gasteiger partial charge on any atom is -0.358 e. The van der Waals surface area contributed by atoms with Crippen molar-refractivity contribution in [3.8, 4) is 0 Å². The summed E-state index contributed by atoms with van der Waals surface area (Å²) < 4.78 is 0. The zero-order valence-corrected chi connectivity index (χ0v) is 11.0. The van der Waals surface area contributed by atoms with Gasteiger partial charge in [-0.15, -0.1) is 0 Å². The van der Waals surface area contributed by atoms with E-state index in [0.29, 0.717) is 5.92 Å². The highest BCUT2D eigenvalue weighted by Crippen LogP contribution is 2.25. The molecule has 0 saturated carbocycles. The Hall–Kier alpha value is -1.88. The molecule has 0 aliphatic carbocycles. The average molecular weight is 261 g/mol. The summed E-state index contributed by atoms with van der Waals surface area (Å²) in [7, 11) is 1.55. The molecule has 1 aliphatic rings. The van der Waals surface area contributed by atoms with Gasteiger partial charge in [-0.25, -0.2) is 0 Å². The molecule has 2 unspecified atom stereocenters. The quantitative estimate of drug-likeness (QED) is 0.714. The highest BCUT2D eigenvalue weighted by molar-refractivity contribution is 5.87. The van der Waals surface area contributed by atoms with Crippen LogP contribution in [0.15, 0.2) is 30.3 Å². The molecule has 0 radical (unpaired) electrons. The van der Waals surface area contributed by atoms with E-state index in [1.54, 1.807) is 7.05 Å². The third kappa shape index (κ3) is 3.54. The molecule has 5 nitrogen and oxygen atoms in total. The van der Waals surface area contributed by atoms with Gasteiger partial charge in [-0.2, -0.15) is 0 Å². The van der Waals surface area contributed by atoms with E-state index in [-0.39, 0.29) is 24.4 Å². The molecular weight excluding hydrogens is 242 g/mol. The number of benzene rings is 1. The van der Waals surface area contributed by atoms with Crippen LogP contribution in [0.1, 0.15) is 17.9 Å². The van der Waals surface area contributed by atoms with Crippen LogP contribution in [-0.2, 0) is 9.59 Å². The molecule has 2 rings (SSSR count). The first-order chi connectivity index (χ1) is 9.20. The van der Waals surface area contributed by atoms with Crippen molar-refractivity contribution in [2.24, 2.45) is 0 Å². The van der Waals surface area contributed by atoms with Crippen molar-refractivity contribution in [2.45, 2.75) is 18.4 Å². The third-order valence-corrected chi connectivity index (χ3v) is 3.42. The van der Waals surface area contributed by atoms with Crippen molar-refractivity contribution in [2.75, 3.05) is 20.1 Å². The van der Waals surface area contributed by atoms with Crippen molar-refractivity contribution >= 4 is 11.8 Å². The Bertz CT molecular complexity index is 447. The largest absolute Gasteiger partial charge is 0.358 e. The molecular formula is C14H19N3O2. The molecule has 1 aromatic carbocycles. The van der Waals surface area contributed by atoms with Gasteiger partial charge < -0.3 is 16.0 Å². The number of nitrogens with one attached hydrogen (secondary N) is 3. The zero-order valence-electron chi connectivity index (χ0n) is 11.0. The molecule has 1 aliphatic heterocycles. The fourth-order valence-electron chi connectivity index (χ4n) is 2.29. The summed E-state index contributed by atoms with van der Waals surface area (Å²) in [6, 6.07) is 9.95. The SMILES string of the molecule is CNC(=O)CNC(=O)C1CC(c2ccccc2)CN1. The predicted octanol–water partition coefficient (Wildman–Crippen LogP) is -0.00570. The minimum absolute atomic E-state index is 0.0313. The Morgan fingerprint density at radius 3 is 2.74 bits per heavy atom.